The van der Waals surface area contributed by atoms with Crippen LogP contribution in [-0.4, -0.2) is 5.78 Å². The van der Waals surface area contributed by atoms with Crippen LogP contribution in [0.25, 0.3) is 0 Å². The summed E-state index contributed by atoms with van der Waals surface area (Å²) in [6.45, 7) is 4.13. The number of carbonyl (C=O) groups is 1. The van der Waals surface area contributed by atoms with Gasteiger partial charge in [-0.15, -0.1) is 0 Å². The maximum absolute atomic E-state index is 11.5. The number of rotatable bonds is 1. The number of carbonyl (C=O) groups excluding carboxylic acids is 1. The van der Waals surface area contributed by atoms with Crippen LogP contribution < -0.4 is 0 Å². The predicted octanol–water partition coefficient (Wildman–Crippen LogP) is 2.62. The fraction of sp³-hybridized carbons (Fsp3) is 0.417. The molecule has 2 rings (SSSR count). The van der Waals surface area contributed by atoms with Gasteiger partial charge in [-0.25, -0.2) is 0 Å². The van der Waals surface area contributed by atoms with Gasteiger partial charge >= 0.3 is 0 Å². The van der Waals surface area contributed by atoms with Gasteiger partial charge in [-0.05, 0) is 31.4 Å². The Labute approximate surface area is 78.8 Å². The Kier molecular flexibility index (Phi) is 1.76. The van der Waals surface area contributed by atoms with Crippen LogP contribution >= 0.6 is 0 Å². The molecule has 1 saturated carbocycles. The molecule has 0 aromatic heterocycles. The summed E-state index contributed by atoms with van der Waals surface area (Å²) in [5.74, 6) is 0.391. The topological polar surface area (TPSA) is 17.1 Å². The van der Waals surface area contributed by atoms with Crippen molar-refractivity contribution >= 4 is 5.78 Å². The van der Waals surface area contributed by atoms with Crippen LogP contribution in [0.5, 0.6) is 0 Å². The second kappa shape index (κ2) is 2.69. The third-order valence-electron chi connectivity index (χ3n) is 3.21. The Bertz CT molecular complexity index is 354. The van der Waals surface area contributed by atoms with E-state index in [0.29, 0.717) is 5.78 Å². The van der Waals surface area contributed by atoms with Gasteiger partial charge in [0.1, 0.15) is 5.78 Å². The molecule has 1 aromatic carbocycles. The van der Waals surface area contributed by atoms with Gasteiger partial charge in [0, 0.05) is 6.42 Å². The van der Waals surface area contributed by atoms with E-state index in [2.05, 4.69) is 26.0 Å². The molecule has 1 unspecified atom stereocenters. The van der Waals surface area contributed by atoms with Crippen molar-refractivity contribution in [3.63, 3.8) is 0 Å². The fourth-order valence-electron chi connectivity index (χ4n) is 2.08. The lowest BCUT2D eigenvalue weighted by atomic mass is 9.64. The van der Waals surface area contributed by atoms with Crippen molar-refractivity contribution in [1.29, 1.82) is 0 Å². The molecule has 1 aromatic rings. The third-order valence-corrected chi connectivity index (χ3v) is 3.21. The molecule has 68 valence electrons. The van der Waals surface area contributed by atoms with E-state index in [4.69, 9.17) is 0 Å². The highest BCUT2D eigenvalue weighted by atomic mass is 16.1. The molecule has 1 heteroatoms. The van der Waals surface area contributed by atoms with E-state index in [1.54, 1.807) is 0 Å². The van der Waals surface area contributed by atoms with Gasteiger partial charge in [-0.1, -0.05) is 24.3 Å². The largest absolute Gasteiger partial charge is 0.299 e. The van der Waals surface area contributed by atoms with Gasteiger partial charge in [0.05, 0.1) is 5.41 Å². The number of Topliss-reactive ketones (excluding diaryl/α,β-unsaturated/α-hetero) is 1. The van der Waals surface area contributed by atoms with Crippen LogP contribution in [0.2, 0.25) is 0 Å². The summed E-state index contributed by atoms with van der Waals surface area (Å²) >= 11 is 0. The van der Waals surface area contributed by atoms with Crippen molar-refractivity contribution in [2.45, 2.75) is 32.1 Å². The molecule has 1 atom stereocenters. The average molecular weight is 174 g/mol. The summed E-state index contributed by atoms with van der Waals surface area (Å²) in [6, 6.07) is 8.18. The zero-order chi connectivity index (χ0) is 9.47. The number of aryl methyl sites for hydroxylation is 1. The predicted molar refractivity (Wildman–Crippen MR) is 52.8 cm³/mol. The van der Waals surface area contributed by atoms with E-state index in [0.717, 1.165) is 12.8 Å². The maximum Gasteiger partial charge on any atom is 0.143 e. The smallest absolute Gasteiger partial charge is 0.143 e. The van der Waals surface area contributed by atoms with E-state index in [1.807, 2.05) is 12.1 Å². The number of benzene rings is 1. The maximum atomic E-state index is 11.5. The highest BCUT2D eigenvalue weighted by Crippen LogP contribution is 2.41. The van der Waals surface area contributed by atoms with Crippen molar-refractivity contribution in [2.24, 2.45) is 0 Å². The molecule has 1 nitrogen and oxygen atoms in total. The van der Waals surface area contributed by atoms with Crippen molar-refractivity contribution < 1.29 is 4.79 Å². The van der Waals surface area contributed by atoms with Gasteiger partial charge in [0.25, 0.3) is 0 Å². The Morgan fingerprint density at radius 1 is 1.31 bits per heavy atom. The van der Waals surface area contributed by atoms with Crippen LogP contribution in [0.15, 0.2) is 24.3 Å². The molecule has 0 amide bonds. The van der Waals surface area contributed by atoms with Crippen molar-refractivity contribution in [2.75, 3.05) is 0 Å². The fourth-order valence-corrected chi connectivity index (χ4v) is 2.08. The van der Waals surface area contributed by atoms with Gasteiger partial charge < -0.3 is 0 Å². The lowest BCUT2D eigenvalue weighted by Crippen LogP contribution is -2.42. The van der Waals surface area contributed by atoms with Crippen molar-refractivity contribution in [1.82, 2.24) is 0 Å². The third kappa shape index (κ3) is 1.11. The van der Waals surface area contributed by atoms with Crippen molar-refractivity contribution in [3.05, 3.63) is 35.4 Å². The molecular weight excluding hydrogens is 160 g/mol. The first-order chi connectivity index (χ1) is 6.14. The van der Waals surface area contributed by atoms with E-state index < -0.39 is 0 Å². The first-order valence-corrected chi connectivity index (χ1v) is 4.74. The molecule has 0 heterocycles. The minimum atomic E-state index is -0.175. The van der Waals surface area contributed by atoms with E-state index >= 15 is 0 Å². The lowest BCUT2D eigenvalue weighted by Gasteiger charge is -2.37. The molecule has 1 aliphatic rings. The van der Waals surface area contributed by atoms with Crippen molar-refractivity contribution in [3.8, 4) is 0 Å². The lowest BCUT2D eigenvalue weighted by molar-refractivity contribution is -0.130. The molecule has 1 aliphatic carbocycles. The van der Waals surface area contributed by atoms with E-state index in [-0.39, 0.29) is 5.41 Å². The van der Waals surface area contributed by atoms with E-state index in [1.165, 1.54) is 11.1 Å². The first-order valence-electron chi connectivity index (χ1n) is 4.74. The Balaban J connectivity index is 2.46. The quantitative estimate of drug-likeness (QED) is 0.639. The van der Waals surface area contributed by atoms with Crippen LogP contribution in [-0.2, 0) is 10.2 Å². The first kappa shape index (κ1) is 8.49. The van der Waals surface area contributed by atoms with Crippen LogP contribution in [0.3, 0.4) is 0 Å². The Morgan fingerprint density at radius 2 is 2.00 bits per heavy atom. The second-order valence-electron chi connectivity index (χ2n) is 4.07. The SMILES string of the molecule is Cc1ccccc1C1(C)CCC1=O. The molecule has 0 aliphatic heterocycles. The van der Waals surface area contributed by atoms with Gasteiger partial charge in [0.2, 0.25) is 0 Å². The minimum Gasteiger partial charge on any atom is -0.299 e. The van der Waals surface area contributed by atoms with Crippen LogP contribution in [0, 0.1) is 6.92 Å². The summed E-state index contributed by atoms with van der Waals surface area (Å²) in [4.78, 5) is 11.5. The summed E-state index contributed by atoms with van der Waals surface area (Å²) in [5, 5.41) is 0. The van der Waals surface area contributed by atoms with Gasteiger partial charge in [-0.3, -0.25) is 4.79 Å². The van der Waals surface area contributed by atoms with Crippen LogP contribution in [0.1, 0.15) is 30.9 Å². The number of ketones is 1. The highest BCUT2D eigenvalue weighted by Gasteiger charge is 2.43. The molecule has 13 heavy (non-hydrogen) atoms. The summed E-state index contributed by atoms with van der Waals surface area (Å²) < 4.78 is 0. The molecule has 0 N–H and O–H groups in total. The van der Waals surface area contributed by atoms with Gasteiger partial charge in [0.15, 0.2) is 0 Å². The summed E-state index contributed by atoms with van der Waals surface area (Å²) in [7, 11) is 0. The normalized spacial score (nSPS) is 27.1. The Hall–Kier alpha value is -1.11. The highest BCUT2D eigenvalue weighted by molar-refractivity contribution is 5.95. The minimum absolute atomic E-state index is 0.175. The van der Waals surface area contributed by atoms with E-state index in [9.17, 15) is 4.79 Å². The standard InChI is InChI=1S/C12H14O/c1-9-5-3-4-6-10(9)12(2)8-7-11(12)13/h3-6H,7-8H2,1-2H3. The summed E-state index contributed by atoms with van der Waals surface area (Å²) in [5.41, 5.74) is 2.27. The Morgan fingerprint density at radius 3 is 2.46 bits per heavy atom. The zero-order valence-corrected chi connectivity index (χ0v) is 8.13. The number of hydrogen-bond donors (Lipinski definition) is 0. The molecule has 0 radical (unpaired) electrons. The molecular formula is C12H14O. The molecule has 0 saturated heterocycles. The second-order valence-corrected chi connectivity index (χ2v) is 4.07. The monoisotopic (exact) mass is 174 g/mol. The van der Waals surface area contributed by atoms with Gasteiger partial charge in [-0.2, -0.15) is 0 Å². The molecule has 1 fully saturated rings. The summed E-state index contributed by atoms with van der Waals surface area (Å²) in [6.07, 6.45) is 1.77. The van der Waals surface area contributed by atoms with Crippen LogP contribution in [0.4, 0.5) is 0 Å². The zero-order valence-electron chi connectivity index (χ0n) is 8.13. The molecule has 0 bridgehead atoms. The molecule has 0 spiro atoms. The average Bonchev–Trinajstić information content (AvgIpc) is 2.15. The number of hydrogen-bond acceptors (Lipinski definition) is 1.